The first-order valence-electron chi connectivity index (χ1n) is 9.58. The minimum atomic E-state index is -0.649. The maximum Gasteiger partial charge on any atom is 0.330 e. The normalized spacial score (nSPS) is 11.6. The molecular formula is C19H30N6O3S. The molecular weight excluding hydrogens is 392 g/mol. The molecule has 3 N–H and O–H groups in total. The summed E-state index contributed by atoms with van der Waals surface area (Å²) in [5.41, 5.74) is 7.65. The number of nitrogen functional groups attached to an aromatic ring is 1. The van der Waals surface area contributed by atoms with Crippen LogP contribution in [-0.4, -0.2) is 45.5 Å². The molecule has 160 valence electrons. The fourth-order valence-corrected chi connectivity index (χ4v) is 3.58. The van der Waals surface area contributed by atoms with Crippen LogP contribution >= 0.6 is 11.3 Å². The van der Waals surface area contributed by atoms with E-state index in [1.807, 2.05) is 45.0 Å². The minimum absolute atomic E-state index is 0.0172. The van der Waals surface area contributed by atoms with Crippen LogP contribution in [0.4, 0.5) is 11.5 Å². The maximum absolute atomic E-state index is 13.1. The Bertz CT molecular complexity index is 932. The number of rotatable bonds is 9. The van der Waals surface area contributed by atoms with E-state index < -0.39 is 11.2 Å². The van der Waals surface area contributed by atoms with Gasteiger partial charge in [-0.2, -0.15) is 0 Å². The lowest BCUT2D eigenvalue weighted by Crippen LogP contribution is -2.46. The Morgan fingerprint density at radius 3 is 2.52 bits per heavy atom. The second kappa shape index (κ2) is 9.84. The van der Waals surface area contributed by atoms with Crippen LogP contribution < -0.4 is 21.9 Å². The molecule has 1 amide bonds. The number of hydrogen-bond acceptors (Lipinski definition) is 7. The van der Waals surface area contributed by atoms with Crippen LogP contribution in [0.5, 0.6) is 0 Å². The van der Waals surface area contributed by atoms with Crippen molar-refractivity contribution in [3.05, 3.63) is 37.4 Å². The first kappa shape index (κ1) is 22.8. The molecule has 0 fully saturated rings. The first-order valence-corrected chi connectivity index (χ1v) is 10.5. The average molecular weight is 423 g/mol. The molecule has 10 heteroatoms. The number of carbonyl (C=O) groups is 1. The van der Waals surface area contributed by atoms with Gasteiger partial charge in [-0.1, -0.05) is 27.7 Å². The molecule has 29 heavy (non-hydrogen) atoms. The third kappa shape index (κ3) is 6.01. The second-order valence-electron chi connectivity index (χ2n) is 8.05. The molecule has 0 atom stereocenters. The van der Waals surface area contributed by atoms with Crippen LogP contribution in [0.2, 0.25) is 0 Å². The number of likely N-dealkylation sites (N-methyl/N-ethyl adjacent to an activating group) is 1. The number of hydrogen-bond donors (Lipinski definition) is 2. The van der Waals surface area contributed by atoms with Gasteiger partial charge in [0.1, 0.15) is 5.82 Å². The van der Waals surface area contributed by atoms with Crippen molar-refractivity contribution < 1.29 is 4.79 Å². The fourth-order valence-electron chi connectivity index (χ4n) is 3.03. The predicted molar refractivity (Wildman–Crippen MR) is 116 cm³/mol. The minimum Gasteiger partial charge on any atom is -0.383 e. The highest BCUT2D eigenvalue weighted by atomic mass is 32.1. The van der Waals surface area contributed by atoms with Gasteiger partial charge in [0.2, 0.25) is 5.91 Å². The zero-order valence-electron chi connectivity index (χ0n) is 17.6. The molecule has 0 bridgehead atoms. The van der Waals surface area contributed by atoms with Gasteiger partial charge in [-0.3, -0.25) is 24.0 Å². The van der Waals surface area contributed by atoms with Crippen molar-refractivity contribution in [2.24, 2.45) is 11.8 Å². The van der Waals surface area contributed by atoms with Gasteiger partial charge in [-0.15, -0.1) is 11.3 Å². The summed E-state index contributed by atoms with van der Waals surface area (Å²) in [6.45, 7) is 9.07. The number of aromatic nitrogens is 3. The first-order chi connectivity index (χ1) is 13.6. The van der Waals surface area contributed by atoms with Gasteiger partial charge in [0, 0.05) is 25.0 Å². The van der Waals surface area contributed by atoms with Crippen LogP contribution in [-0.2, 0) is 17.9 Å². The lowest BCUT2D eigenvalue weighted by molar-refractivity contribution is -0.119. The van der Waals surface area contributed by atoms with E-state index in [2.05, 4.69) is 9.97 Å². The van der Waals surface area contributed by atoms with E-state index in [0.717, 1.165) is 5.69 Å². The van der Waals surface area contributed by atoms with Crippen LogP contribution in [0.25, 0.3) is 0 Å². The molecule has 0 unspecified atom stereocenters. The molecule has 9 nitrogen and oxygen atoms in total. The van der Waals surface area contributed by atoms with Gasteiger partial charge in [0.15, 0.2) is 5.69 Å². The van der Waals surface area contributed by atoms with Crippen molar-refractivity contribution in [1.82, 2.24) is 19.4 Å². The Hall–Kier alpha value is -2.46. The molecule has 0 saturated heterocycles. The van der Waals surface area contributed by atoms with Crippen molar-refractivity contribution in [3.63, 3.8) is 0 Å². The molecule has 2 aromatic rings. The van der Waals surface area contributed by atoms with Gasteiger partial charge in [0.05, 0.1) is 17.7 Å². The number of aromatic amines is 1. The third-order valence-corrected chi connectivity index (χ3v) is 4.84. The van der Waals surface area contributed by atoms with E-state index in [-0.39, 0.29) is 35.8 Å². The monoisotopic (exact) mass is 422 g/mol. The quantitative estimate of drug-likeness (QED) is 0.630. The highest BCUT2D eigenvalue weighted by molar-refractivity contribution is 7.07. The van der Waals surface area contributed by atoms with Crippen LogP contribution in [0.3, 0.4) is 0 Å². The van der Waals surface area contributed by atoms with E-state index >= 15 is 0 Å². The summed E-state index contributed by atoms with van der Waals surface area (Å²) < 4.78 is 1.32. The van der Waals surface area contributed by atoms with E-state index in [9.17, 15) is 14.4 Å². The van der Waals surface area contributed by atoms with Crippen molar-refractivity contribution >= 4 is 28.7 Å². The van der Waals surface area contributed by atoms with Gasteiger partial charge in [-0.25, -0.2) is 9.78 Å². The average Bonchev–Trinajstić information content (AvgIpc) is 3.09. The van der Waals surface area contributed by atoms with Crippen molar-refractivity contribution in [1.29, 1.82) is 0 Å². The number of nitrogens with one attached hydrogen (secondary N) is 1. The van der Waals surface area contributed by atoms with Crippen molar-refractivity contribution in [2.45, 2.75) is 40.8 Å². The molecule has 2 rings (SSSR count). The fraction of sp³-hybridized carbons (Fsp3) is 0.579. The van der Waals surface area contributed by atoms with Gasteiger partial charge in [0.25, 0.3) is 5.56 Å². The Morgan fingerprint density at radius 2 is 1.97 bits per heavy atom. The predicted octanol–water partition coefficient (Wildman–Crippen LogP) is 1.35. The highest BCUT2D eigenvalue weighted by Crippen LogP contribution is 2.19. The zero-order valence-corrected chi connectivity index (χ0v) is 18.5. The van der Waals surface area contributed by atoms with Crippen LogP contribution in [0.15, 0.2) is 20.5 Å². The summed E-state index contributed by atoms with van der Waals surface area (Å²) in [6, 6.07) is 0. The summed E-state index contributed by atoms with van der Waals surface area (Å²) in [4.78, 5) is 47.7. The largest absolute Gasteiger partial charge is 0.383 e. The summed E-state index contributed by atoms with van der Waals surface area (Å²) in [6.07, 6.45) is 0. The molecule has 0 saturated carbocycles. The Labute approximate surface area is 174 Å². The van der Waals surface area contributed by atoms with Crippen molar-refractivity contribution in [3.8, 4) is 0 Å². The van der Waals surface area contributed by atoms with Crippen molar-refractivity contribution in [2.75, 3.05) is 30.8 Å². The summed E-state index contributed by atoms with van der Waals surface area (Å²) in [5, 5.41) is 1.93. The van der Waals surface area contributed by atoms with Gasteiger partial charge >= 0.3 is 5.69 Å². The molecule has 2 heterocycles. The van der Waals surface area contributed by atoms with Crippen LogP contribution in [0, 0.1) is 11.8 Å². The van der Waals surface area contributed by atoms with Gasteiger partial charge < -0.3 is 10.6 Å². The van der Waals surface area contributed by atoms with Crippen LogP contribution in [0.1, 0.15) is 33.4 Å². The molecule has 0 radical (unpaired) electrons. The molecule has 0 aliphatic heterocycles. The Balaban J connectivity index is 2.37. The zero-order chi connectivity index (χ0) is 21.7. The third-order valence-electron chi connectivity index (χ3n) is 4.20. The van der Waals surface area contributed by atoms with E-state index in [1.54, 1.807) is 5.51 Å². The standard InChI is InChI=1S/C19H30N6O3S/c1-12(2)6-24(15(26)9-23(5)8-14-10-29-11-21-14)16-17(20)25(7-13(3)4)19(28)22-18(16)27/h10-13H,6-9,20H2,1-5H3,(H,22,27,28). The summed E-state index contributed by atoms with van der Waals surface area (Å²) in [5.74, 6) is 0.00583. The Kier molecular flexibility index (Phi) is 7.74. The molecule has 0 aliphatic rings. The lowest BCUT2D eigenvalue weighted by Gasteiger charge is -2.28. The second-order valence-corrected chi connectivity index (χ2v) is 8.77. The Morgan fingerprint density at radius 1 is 1.28 bits per heavy atom. The van der Waals surface area contributed by atoms with E-state index in [4.69, 9.17) is 5.73 Å². The molecule has 0 spiro atoms. The molecule has 0 aliphatic carbocycles. The lowest BCUT2D eigenvalue weighted by atomic mass is 10.2. The number of nitrogens with two attached hydrogens (primary N) is 1. The highest BCUT2D eigenvalue weighted by Gasteiger charge is 2.26. The smallest absolute Gasteiger partial charge is 0.330 e. The number of thiazole rings is 1. The molecule has 2 aromatic heterocycles. The van der Waals surface area contributed by atoms with E-state index in [1.165, 1.54) is 20.8 Å². The summed E-state index contributed by atoms with van der Waals surface area (Å²) in [7, 11) is 1.82. The SMILES string of the molecule is CC(C)CN(C(=O)CN(C)Cc1cscn1)c1c(N)n(CC(C)C)c(=O)[nH]c1=O. The topological polar surface area (TPSA) is 117 Å². The maximum atomic E-state index is 13.1. The van der Waals surface area contributed by atoms with E-state index in [0.29, 0.717) is 19.6 Å². The summed E-state index contributed by atoms with van der Waals surface area (Å²) >= 11 is 1.50. The number of H-pyrrole nitrogens is 1. The van der Waals surface area contributed by atoms with Gasteiger partial charge in [-0.05, 0) is 18.9 Å². The number of amides is 1. The number of carbonyl (C=O) groups excluding carboxylic acids is 1. The number of nitrogens with zero attached hydrogens (tertiary/aromatic N) is 4. The number of anilines is 2. The molecule has 0 aromatic carbocycles.